The van der Waals surface area contributed by atoms with Crippen molar-refractivity contribution >= 4 is 38.3 Å². The van der Waals surface area contributed by atoms with Crippen LogP contribution in [0.2, 0.25) is 0 Å². The summed E-state index contributed by atoms with van der Waals surface area (Å²) in [5.41, 5.74) is 3.38. The Balaban J connectivity index is 1.80. The van der Waals surface area contributed by atoms with Crippen molar-refractivity contribution in [3.8, 4) is 0 Å². The van der Waals surface area contributed by atoms with Gasteiger partial charge >= 0.3 is 0 Å². The first kappa shape index (κ1) is 17.1. The van der Waals surface area contributed by atoms with Crippen LogP contribution in [0, 0.1) is 0 Å². The first-order chi connectivity index (χ1) is 13.6. The van der Waals surface area contributed by atoms with Crippen molar-refractivity contribution in [1.82, 2.24) is 0 Å². The number of rotatable bonds is 2. The molecule has 0 fully saturated rings. The maximum atomic E-state index is 15.5. The molecule has 1 unspecified atom stereocenters. The second-order valence-electron chi connectivity index (χ2n) is 6.77. The Labute approximate surface area is 169 Å². The summed E-state index contributed by atoms with van der Waals surface area (Å²) in [6.07, 6.45) is 1.48. The highest BCUT2D eigenvalue weighted by Crippen LogP contribution is 2.50. The number of hydrogen-bond donors (Lipinski definition) is 0. The SMILES string of the molecule is O=c1c(C2C(c3ccc(Br)cc3)=C(F)c3ccccc32)coc2ccccc12. The molecule has 0 amide bonds. The van der Waals surface area contributed by atoms with E-state index in [-0.39, 0.29) is 11.3 Å². The molecule has 1 aliphatic carbocycles. The molecule has 0 saturated heterocycles. The zero-order chi connectivity index (χ0) is 19.3. The molecule has 1 atom stereocenters. The average molecular weight is 433 g/mol. The Morgan fingerprint density at radius 3 is 2.39 bits per heavy atom. The second kappa shape index (κ2) is 6.57. The molecule has 1 aliphatic rings. The van der Waals surface area contributed by atoms with Crippen molar-refractivity contribution in [2.24, 2.45) is 0 Å². The molecule has 0 bridgehead atoms. The third-order valence-corrected chi connectivity index (χ3v) is 5.74. The van der Waals surface area contributed by atoms with Gasteiger partial charge in [0.15, 0.2) is 5.43 Å². The van der Waals surface area contributed by atoms with E-state index in [1.54, 1.807) is 24.3 Å². The van der Waals surface area contributed by atoms with Crippen LogP contribution < -0.4 is 5.43 Å². The second-order valence-corrected chi connectivity index (χ2v) is 7.69. The summed E-state index contributed by atoms with van der Waals surface area (Å²) in [6, 6.07) is 21.9. The summed E-state index contributed by atoms with van der Waals surface area (Å²) in [5.74, 6) is -0.811. The molecule has 0 saturated carbocycles. The highest BCUT2D eigenvalue weighted by Gasteiger charge is 2.35. The molecule has 4 aromatic rings. The zero-order valence-electron chi connectivity index (χ0n) is 14.7. The Hall–Kier alpha value is -2.98. The minimum Gasteiger partial charge on any atom is -0.464 e. The molecule has 1 heterocycles. The molecule has 0 aliphatic heterocycles. The van der Waals surface area contributed by atoms with E-state index in [0.717, 1.165) is 15.6 Å². The van der Waals surface area contributed by atoms with Crippen molar-refractivity contribution in [3.63, 3.8) is 0 Å². The van der Waals surface area contributed by atoms with Crippen molar-refractivity contribution in [1.29, 1.82) is 0 Å². The average Bonchev–Trinajstić information content (AvgIpc) is 3.02. The van der Waals surface area contributed by atoms with Gasteiger partial charge in [-0.1, -0.05) is 64.5 Å². The van der Waals surface area contributed by atoms with Crippen LogP contribution in [-0.2, 0) is 0 Å². The van der Waals surface area contributed by atoms with Gasteiger partial charge in [0, 0.05) is 27.1 Å². The van der Waals surface area contributed by atoms with Gasteiger partial charge in [-0.15, -0.1) is 0 Å². The van der Waals surface area contributed by atoms with Gasteiger partial charge in [0.25, 0.3) is 0 Å². The molecular formula is C24H14BrFO2. The van der Waals surface area contributed by atoms with E-state index >= 15 is 4.39 Å². The van der Waals surface area contributed by atoms with E-state index < -0.39 is 5.92 Å². The lowest BCUT2D eigenvalue weighted by Gasteiger charge is -2.17. The summed E-state index contributed by atoms with van der Waals surface area (Å²) in [4.78, 5) is 13.3. The van der Waals surface area contributed by atoms with Gasteiger partial charge in [0.05, 0.1) is 11.6 Å². The maximum absolute atomic E-state index is 15.5. The maximum Gasteiger partial charge on any atom is 0.196 e. The van der Waals surface area contributed by atoms with Crippen LogP contribution in [0.3, 0.4) is 0 Å². The molecule has 0 N–H and O–H groups in total. The molecule has 28 heavy (non-hydrogen) atoms. The molecule has 2 nitrogen and oxygen atoms in total. The van der Waals surface area contributed by atoms with Gasteiger partial charge in [-0.25, -0.2) is 4.39 Å². The lowest BCUT2D eigenvalue weighted by Crippen LogP contribution is -2.14. The first-order valence-electron chi connectivity index (χ1n) is 8.90. The van der Waals surface area contributed by atoms with Crippen LogP contribution in [0.15, 0.2) is 92.7 Å². The quantitative estimate of drug-likeness (QED) is 0.360. The molecular weight excluding hydrogens is 419 g/mol. The summed E-state index contributed by atoms with van der Waals surface area (Å²) < 4.78 is 22.1. The van der Waals surface area contributed by atoms with Crippen LogP contribution in [0.1, 0.15) is 28.2 Å². The number of allylic oxidation sites excluding steroid dienone is 1. The Bertz CT molecular complexity index is 1300. The largest absolute Gasteiger partial charge is 0.464 e. The van der Waals surface area contributed by atoms with Crippen molar-refractivity contribution in [2.45, 2.75) is 5.92 Å². The molecule has 0 radical (unpaired) electrons. The van der Waals surface area contributed by atoms with Crippen LogP contribution in [0.4, 0.5) is 4.39 Å². The lowest BCUT2D eigenvalue weighted by atomic mass is 9.85. The van der Waals surface area contributed by atoms with Crippen LogP contribution in [0.5, 0.6) is 0 Å². The fraction of sp³-hybridized carbons (Fsp3) is 0.0417. The van der Waals surface area contributed by atoms with Crippen molar-refractivity contribution < 1.29 is 8.81 Å². The van der Waals surface area contributed by atoms with Gasteiger partial charge in [-0.05, 0) is 35.4 Å². The molecule has 136 valence electrons. The van der Waals surface area contributed by atoms with Gasteiger partial charge in [0.1, 0.15) is 11.4 Å². The Kier molecular flexibility index (Phi) is 4.02. The fourth-order valence-electron chi connectivity index (χ4n) is 3.91. The van der Waals surface area contributed by atoms with Gasteiger partial charge in [0.2, 0.25) is 0 Å². The summed E-state index contributed by atoms with van der Waals surface area (Å²) in [7, 11) is 0. The smallest absolute Gasteiger partial charge is 0.196 e. The topological polar surface area (TPSA) is 30.2 Å². The number of hydrogen-bond acceptors (Lipinski definition) is 2. The number of fused-ring (bicyclic) bond motifs is 2. The fourth-order valence-corrected chi connectivity index (χ4v) is 4.18. The van der Waals surface area contributed by atoms with Gasteiger partial charge in [-0.2, -0.15) is 0 Å². The highest BCUT2D eigenvalue weighted by atomic mass is 79.9. The first-order valence-corrected chi connectivity index (χ1v) is 9.70. The summed E-state index contributed by atoms with van der Waals surface area (Å²) >= 11 is 3.42. The molecule has 1 aromatic heterocycles. The monoisotopic (exact) mass is 432 g/mol. The number of para-hydroxylation sites is 1. The molecule has 4 heteroatoms. The number of benzene rings is 3. The van der Waals surface area contributed by atoms with Crippen molar-refractivity contribution in [3.05, 3.63) is 116 Å². The van der Waals surface area contributed by atoms with E-state index in [9.17, 15) is 4.79 Å². The summed E-state index contributed by atoms with van der Waals surface area (Å²) in [6.45, 7) is 0. The molecule has 5 rings (SSSR count). The lowest BCUT2D eigenvalue weighted by molar-refractivity contribution is 0.592. The van der Waals surface area contributed by atoms with Crippen LogP contribution in [0.25, 0.3) is 22.4 Å². The van der Waals surface area contributed by atoms with E-state index in [0.29, 0.717) is 27.7 Å². The molecule has 0 spiro atoms. The van der Waals surface area contributed by atoms with E-state index in [1.165, 1.54) is 6.26 Å². The van der Waals surface area contributed by atoms with E-state index in [4.69, 9.17) is 4.42 Å². The van der Waals surface area contributed by atoms with Crippen LogP contribution in [-0.4, -0.2) is 0 Å². The standard InChI is InChI=1S/C24H14BrFO2/c25-15-11-9-14(10-12-15)21-22(16-5-1-2-6-17(16)23(21)26)19-13-28-20-8-4-3-7-18(20)24(19)27/h1-13,22H. The third kappa shape index (κ3) is 2.56. The zero-order valence-corrected chi connectivity index (χ0v) is 16.2. The summed E-state index contributed by atoms with van der Waals surface area (Å²) in [5, 5.41) is 0.500. The Morgan fingerprint density at radius 1 is 0.857 bits per heavy atom. The highest BCUT2D eigenvalue weighted by molar-refractivity contribution is 9.10. The Morgan fingerprint density at radius 2 is 1.57 bits per heavy atom. The minimum atomic E-state index is -0.516. The third-order valence-electron chi connectivity index (χ3n) is 5.21. The van der Waals surface area contributed by atoms with Crippen LogP contribution >= 0.6 is 15.9 Å². The van der Waals surface area contributed by atoms with Gasteiger partial charge < -0.3 is 4.42 Å². The van der Waals surface area contributed by atoms with E-state index in [2.05, 4.69) is 15.9 Å². The minimum absolute atomic E-state index is 0.133. The predicted octanol–water partition coefficient (Wildman–Crippen LogP) is 6.54. The van der Waals surface area contributed by atoms with Gasteiger partial charge in [-0.3, -0.25) is 4.79 Å². The van der Waals surface area contributed by atoms with E-state index in [1.807, 2.05) is 48.5 Å². The molecule has 3 aromatic carbocycles. The normalized spacial score (nSPS) is 15.9. The number of halogens is 2. The predicted molar refractivity (Wildman–Crippen MR) is 113 cm³/mol. The van der Waals surface area contributed by atoms with Crippen molar-refractivity contribution in [2.75, 3.05) is 0 Å².